The molecule has 102 valence electrons. The standard InChI is InChI=1S/C12H16N4OS2/c1-4-8-7(2)18-5-9(8)11-14-15-12(16(11)3)19-6-10(13)17/h5H,4,6H2,1-3H3,(H2,13,17). The van der Waals surface area contributed by atoms with E-state index >= 15 is 0 Å². The van der Waals surface area contributed by atoms with E-state index in [0.29, 0.717) is 5.16 Å². The van der Waals surface area contributed by atoms with E-state index in [9.17, 15) is 4.79 Å². The van der Waals surface area contributed by atoms with Gasteiger partial charge in [0.05, 0.1) is 5.75 Å². The van der Waals surface area contributed by atoms with Crippen molar-refractivity contribution in [3.8, 4) is 11.4 Å². The van der Waals surface area contributed by atoms with Crippen LogP contribution in [0, 0.1) is 6.92 Å². The van der Waals surface area contributed by atoms with Crippen molar-refractivity contribution >= 4 is 29.0 Å². The van der Waals surface area contributed by atoms with E-state index in [1.54, 1.807) is 11.3 Å². The van der Waals surface area contributed by atoms with Gasteiger partial charge in [-0.05, 0) is 18.9 Å². The Hall–Kier alpha value is -1.34. The molecule has 0 fully saturated rings. The van der Waals surface area contributed by atoms with Crippen LogP contribution in [0.15, 0.2) is 10.5 Å². The zero-order valence-electron chi connectivity index (χ0n) is 11.1. The van der Waals surface area contributed by atoms with Crippen LogP contribution in [0.2, 0.25) is 0 Å². The van der Waals surface area contributed by atoms with Gasteiger partial charge in [-0.2, -0.15) is 0 Å². The minimum Gasteiger partial charge on any atom is -0.369 e. The highest BCUT2D eigenvalue weighted by Crippen LogP contribution is 2.31. The number of aromatic nitrogens is 3. The highest BCUT2D eigenvalue weighted by atomic mass is 32.2. The number of nitrogens with zero attached hydrogens (tertiary/aromatic N) is 3. The van der Waals surface area contributed by atoms with Crippen LogP contribution in [-0.4, -0.2) is 26.4 Å². The number of primary amides is 1. The topological polar surface area (TPSA) is 73.8 Å². The van der Waals surface area contributed by atoms with Gasteiger partial charge in [0.25, 0.3) is 0 Å². The lowest BCUT2D eigenvalue weighted by atomic mass is 10.1. The maximum atomic E-state index is 10.8. The van der Waals surface area contributed by atoms with Crippen molar-refractivity contribution in [1.29, 1.82) is 0 Å². The van der Waals surface area contributed by atoms with Gasteiger partial charge in [0.2, 0.25) is 5.91 Å². The highest BCUT2D eigenvalue weighted by Gasteiger charge is 2.16. The summed E-state index contributed by atoms with van der Waals surface area (Å²) in [5.41, 5.74) is 7.58. The summed E-state index contributed by atoms with van der Waals surface area (Å²) >= 11 is 3.03. The van der Waals surface area contributed by atoms with Gasteiger partial charge < -0.3 is 10.3 Å². The predicted octanol–water partition coefficient (Wildman–Crippen LogP) is 1.99. The molecule has 0 aliphatic carbocycles. The Balaban J connectivity index is 2.33. The lowest BCUT2D eigenvalue weighted by Gasteiger charge is -2.04. The molecule has 0 saturated carbocycles. The number of hydrogen-bond acceptors (Lipinski definition) is 5. The molecule has 7 heteroatoms. The third-order valence-corrected chi connectivity index (χ3v) is 4.87. The summed E-state index contributed by atoms with van der Waals surface area (Å²) in [5, 5.41) is 11.2. The molecule has 1 amide bonds. The number of rotatable bonds is 5. The van der Waals surface area contributed by atoms with Gasteiger partial charge in [0.15, 0.2) is 11.0 Å². The first-order valence-corrected chi connectivity index (χ1v) is 7.79. The molecule has 2 heterocycles. The summed E-state index contributed by atoms with van der Waals surface area (Å²) in [6, 6.07) is 0. The molecule has 0 saturated heterocycles. The molecular weight excluding hydrogens is 280 g/mol. The number of hydrogen-bond donors (Lipinski definition) is 1. The second-order valence-corrected chi connectivity index (χ2v) is 6.18. The second-order valence-electron chi connectivity index (χ2n) is 4.16. The van der Waals surface area contributed by atoms with Crippen LogP contribution in [0.1, 0.15) is 17.4 Å². The van der Waals surface area contributed by atoms with Crippen molar-refractivity contribution in [3.63, 3.8) is 0 Å². The molecule has 0 bridgehead atoms. The van der Waals surface area contributed by atoms with Gasteiger partial charge in [0, 0.05) is 22.9 Å². The maximum Gasteiger partial charge on any atom is 0.227 e. The smallest absolute Gasteiger partial charge is 0.227 e. The summed E-state index contributed by atoms with van der Waals surface area (Å²) in [4.78, 5) is 12.1. The molecular formula is C12H16N4OS2. The van der Waals surface area contributed by atoms with Crippen LogP contribution in [0.25, 0.3) is 11.4 Å². The summed E-state index contributed by atoms with van der Waals surface area (Å²) in [5.74, 6) is 0.707. The average Bonchev–Trinajstić information content (AvgIpc) is 2.90. The van der Waals surface area contributed by atoms with Gasteiger partial charge in [-0.15, -0.1) is 21.5 Å². The van der Waals surface area contributed by atoms with Crippen molar-refractivity contribution in [2.75, 3.05) is 5.75 Å². The molecule has 19 heavy (non-hydrogen) atoms. The third-order valence-electron chi connectivity index (χ3n) is 2.88. The largest absolute Gasteiger partial charge is 0.369 e. The van der Waals surface area contributed by atoms with Gasteiger partial charge in [-0.1, -0.05) is 18.7 Å². The predicted molar refractivity (Wildman–Crippen MR) is 78.3 cm³/mol. The van der Waals surface area contributed by atoms with E-state index in [2.05, 4.69) is 29.4 Å². The zero-order valence-corrected chi connectivity index (χ0v) is 12.8. The second kappa shape index (κ2) is 5.75. The first-order chi connectivity index (χ1) is 9.04. The van der Waals surface area contributed by atoms with Crippen molar-refractivity contribution < 1.29 is 4.79 Å². The van der Waals surface area contributed by atoms with Crippen LogP contribution in [0.4, 0.5) is 0 Å². The van der Waals surface area contributed by atoms with Gasteiger partial charge in [0.1, 0.15) is 0 Å². The van der Waals surface area contributed by atoms with E-state index < -0.39 is 0 Å². The quantitative estimate of drug-likeness (QED) is 0.856. The number of nitrogens with two attached hydrogens (primary N) is 1. The van der Waals surface area contributed by atoms with Crippen LogP contribution in [0.3, 0.4) is 0 Å². The lowest BCUT2D eigenvalue weighted by Crippen LogP contribution is -2.13. The number of amides is 1. The third kappa shape index (κ3) is 2.82. The summed E-state index contributed by atoms with van der Waals surface area (Å²) < 4.78 is 1.91. The minimum absolute atomic E-state index is 0.218. The SMILES string of the molecule is CCc1c(-c2nnc(SCC(N)=O)n2C)csc1C. The zero-order chi connectivity index (χ0) is 14.0. The first-order valence-electron chi connectivity index (χ1n) is 5.92. The maximum absolute atomic E-state index is 10.8. The Morgan fingerprint density at radius 2 is 2.26 bits per heavy atom. The van der Waals surface area contributed by atoms with E-state index in [4.69, 9.17) is 5.73 Å². The van der Waals surface area contributed by atoms with Crippen molar-refractivity contribution in [2.24, 2.45) is 12.8 Å². The van der Waals surface area contributed by atoms with E-state index in [1.807, 2.05) is 11.6 Å². The van der Waals surface area contributed by atoms with E-state index in [1.165, 1.54) is 22.2 Å². The van der Waals surface area contributed by atoms with Gasteiger partial charge >= 0.3 is 0 Å². The van der Waals surface area contributed by atoms with Crippen LogP contribution < -0.4 is 5.73 Å². The van der Waals surface area contributed by atoms with Crippen molar-refractivity contribution in [1.82, 2.24) is 14.8 Å². The molecule has 2 N–H and O–H groups in total. The van der Waals surface area contributed by atoms with E-state index in [-0.39, 0.29) is 11.7 Å². The molecule has 2 aromatic rings. The Morgan fingerprint density at radius 3 is 2.89 bits per heavy atom. The molecule has 2 aromatic heterocycles. The van der Waals surface area contributed by atoms with Crippen molar-refractivity contribution in [2.45, 2.75) is 25.4 Å². The van der Waals surface area contributed by atoms with Crippen LogP contribution in [-0.2, 0) is 18.3 Å². The van der Waals surface area contributed by atoms with Crippen LogP contribution >= 0.6 is 23.1 Å². The molecule has 0 unspecified atom stereocenters. The molecule has 0 radical (unpaired) electrons. The molecule has 0 aromatic carbocycles. The summed E-state index contributed by atoms with van der Waals surface area (Å²) in [7, 11) is 1.91. The molecule has 0 aliphatic rings. The van der Waals surface area contributed by atoms with E-state index in [0.717, 1.165) is 17.8 Å². The Bertz CT molecular complexity index is 603. The average molecular weight is 296 g/mol. The number of carbonyl (C=O) groups is 1. The number of aryl methyl sites for hydroxylation is 1. The lowest BCUT2D eigenvalue weighted by molar-refractivity contribution is -0.115. The van der Waals surface area contributed by atoms with Crippen LogP contribution in [0.5, 0.6) is 0 Å². The Kier molecular flexibility index (Phi) is 4.26. The Labute approximate surface area is 120 Å². The molecule has 0 aliphatic heterocycles. The fourth-order valence-corrected chi connectivity index (χ4v) is 3.51. The highest BCUT2D eigenvalue weighted by molar-refractivity contribution is 7.99. The Morgan fingerprint density at radius 1 is 1.53 bits per heavy atom. The van der Waals surface area contributed by atoms with Crippen molar-refractivity contribution in [3.05, 3.63) is 15.8 Å². The minimum atomic E-state index is -0.352. The monoisotopic (exact) mass is 296 g/mol. The molecule has 2 rings (SSSR count). The number of carbonyl (C=O) groups excluding carboxylic acids is 1. The molecule has 0 atom stereocenters. The normalized spacial score (nSPS) is 10.9. The van der Waals surface area contributed by atoms with Gasteiger partial charge in [-0.3, -0.25) is 4.79 Å². The van der Waals surface area contributed by atoms with Gasteiger partial charge in [-0.25, -0.2) is 0 Å². The fraction of sp³-hybridized carbons (Fsp3) is 0.417. The number of thiophene rings is 1. The summed E-state index contributed by atoms with van der Waals surface area (Å²) in [6.07, 6.45) is 0.974. The summed E-state index contributed by atoms with van der Waals surface area (Å²) in [6.45, 7) is 4.25. The fourth-order valence-electron chi connectivity index (χ4n) is 1.92. The molecule has 5 nitrogen and oxygen atoms in total. The first kappa shape index (κ1) is 14.1. The number of thioether (sulfide) groups is 1. The molecule has 0 spiro atoms.